The Balaban J connectivity index is 1.62. The third-order valence-electron chi connectivity index (χ3n) is 5.97. The smallest absolute Gasteiger partial charge is 0.320 e. The van der Waals surface area contributed by atoms with E-state index in [0.717, 1.165) is 31.0 Å². The van der Waals surface area contributed by atoms with Crippen LogP contribution >= 0.6 is 0 Å². The highest BCUT2D eigenvalue weighted by Gasteiger charge is 2.34. The van der Waals surface area contributed by atoms with Crippen LogP contribution in [0.2, 0.25) is 0 Å². The summed E-state index contributed by atoms with van der Waals surface area (Å²) in [5.74, 6) is -0.614. The van der Waals surface area contributed by atoms with Crippen LogP contribution in [0.3, 0.4) is 0 Å². The maximum atomic E-state index is 14.4. The first-order valence-corrected chi connectivity index (χ1v) is 10.5. The largest absolute Gasteiger partial charge is 0.508 e. The van der Waals surface area contributed by atoms with Gasteiger partial charge in [-0.15, -0.1) is 0 Å². The molecule has 7 heteroatoms. The number of aromatic hydroxyl groups is 1. The predicted octanol–water partition coefficient (Wildman–Crippen LogP) is 4.59. The molecule has 164 valence electrons. The highest BCUT2D eigenvalue weighted by Crippen LogP contribution is 2.37. The molecule has 1 unspecified atom stereocenters. The number of halogens is 2. The number of nitrogens with zero attached hydrogens (tertiary/aromatic N) is 2. The van der Waals surface area contributed by atoms with E-state index in [2.05, 4.69) is 0 Å². The lowest BCUT2D eigenvalue weighted by Crippen LogP contribution is -2.43. The third-order valence-corrected chi connectivity index (χ3v) is 5.97. The number of rotatable bonds is 4. The molecular formula is C24H26F2N2O3. The standard InChI is InChI=1S/C24H26F2N2O3/c1-27(14-16-7-9-31-10-8-16)24(30)28-15-18(21-13-19(25)5-6-22(21)26)12-23(28)17-3-2-4-20(29)11-17/h2-6,11-13,16,23,29H,7-10,14-15H2,1H3. The SMILES string of the molecule is CN(CC1CCOCC1)C(=O)N1CC(c2cc(F)ccc2F)=CC1c1cccc(O)c1. The van der Waals surface area contributed by atoms with Crippen LogP contribution in [0.25, 0.3) is 5.57 Å². The van der Waals surface area contributed by atoms with Gasteiger partial charge in [0, 0.05) is 38.9 Å². The summed E-state index contributed by atoms with van der Waals surface area (Å²) >= 11 is 0. The van der Waals surface area contributed by atoms with E-state index in [4.69, 9.17) is 4.74 Å². The van der Waals surface area contributed by atoms with Gasteiger partial charge in [0.15, 0.2) is 0 Å². The van der Waals surface area contributed by atoms with E-state index in [1.54, 1.807) is 41.1 Å². The van der Waals surface area contributed by atoms with E-state index in [-0.39, 0.29) is 23.9 Å². The lowest BCUT2D eigenvalue weighted by Gasteiger charge is -2.33. The van der Waals surface area contributed by atoms with Crippen molar-refractivity contribution in [2.75, 3.05) is 33.4 Å². The molecule has 0 aliphatic carbocycles. The molecule has 1 saturated heterocycles. The molecule has 2 aromatic carbocycles. The number of hydrogen-bond donors (Lipinski definition) is 1. The summed E-state index contributed by atoms with van der Waals surface area (Å²) in [5.41, 5.74) is 1.39. The first-order chi connectivity index (χ1) is 14.9. The minimum Gasteiger partial charge on any atom is -0.508 e. The first kappa shape index (κ1) is 21.3. The molecule has 0 aromatic heterocycles. The van der Waals surface area contributed by atoms with E-state index in [9.17, 15) is 18.7 Å². The molecule has 0 spiro atoms. The zero-order valence-corrected chi connectivity index (χ0v) is 17.4. The van der Waals surface area contributed by atoms with E-state index < -0.39 is 17.7 Å². The van der Waals surface area contributed by atoms with Gasteiger partial charge in [-0.2, -0.15) is 0 Å². The summed E-state index contributed by atoms with van der Waals surface area (Å²) in [4.78, 5) is 16.7. The van der Waals surface area contributed by atoms with Crippen LogP contribution in [0.1, 0.15) is 30.0 Å². The Labute approximate surface area is 180 Å². The molecule has 5 nitrogen and oxygen atoms in total. The van der Waals surface area contributed by atoms with Crippen molar-refractivity contribution in [2.24, 2.45) is 5.92 Å². The summed E-state index contributed by atoms with van der Waals surface area (Å²) in [7, 11) is 1.76. The molecule has 4 rings (SSSR count). The average Bonchev–Trinajstić information content (AvgIpc) is 3.21. The van der Waals surface area contributed by atoms with Crippen molar-refractivity contribution in [3.05, 3.63) is 71.3 Å². The maximum absolute atomic E-state index is 14.4. The molecule has 2 amide bonds. The van der Waals surface area contributed by atoms with Gasteiger partial charge in [-0.1, -0.05) is 18.2 Å². The maximum Gasteiger partial charge on any atom is 0.320 e. The molecule has 1 N–H and O–H groups in total. The monoisotopic (exact) mass is 428 g/mol. The van der Waals surface area contributed by atoms with Crippen molar-refractivity contribution in [3.63, 3.8) is 0 Å². The van der Waals surface area contributed by atoms with Crippen molar-refractivity contribution in [2.45, 2.75) is 18.9 Å². The zero-order chi connectivity index (χ0) is 22.0. The van der Waals surface area contributed by atoms with Crippen molar-refractivity contribution < 1.29 is 23.4 Å². The number of benzene rings is 2. The molecule has 2 aliphatic rings. The van der Waals surface area contributed by atoms with E-state index >= 15 is 0 Å². The highest BCUT2D eigenvalue weighted by molar-refractivity contribution is 5.82. The fourth-order valence-corrected chi connectivity index (χ4v) is 4.32. The van der Waals surface area contributed by atoms with Crippen LogP contribution in [0.15, 0.2) is 48.5 Å². The molecule has 0 bridgehead atoms. The number of phenolic OH excluding ortho intramolecular Hbond substituents is 1. The molecule has 2 heterocycles. The van der Waals surface area contributed by atoms with Gasteiger partial charge in [-0.25, -0.2) is 13.6 Å². The number of ether oxygens (including phenoxy) is 1. The molecular weight excluding hydrogens is 402 g/mol. The topological polar surface area (TPSA) is 53.0 Å². The normalized spacial score (nSPS) is 19.4. The van der Waals surface area contributed by atoms with Gasteiger partial charge < -0.3 is 19.6 Å². The van der Waals surface area contributed by atoms with Gasteiger partial charge in [0.25, 0.3) is 0 Å². The number of amides is 2. The molecule has 2 aromatic rings. The predicted molar refractivity (Wildman–Crippen MR) is 113 cm³/mol. The lowest BCUT2D eigenvalue weighted by molar-refractivity contribution is 0.0563. The summed E-state index contributed by atoms with van der Waals surface area (Å²) in [6.45, 7) is 2.16. The van der Waals surface area contributed by atoms with Crippen molar-refractivity contribution >= 4 is 11.6 Å². The minimum absolute atomic E-state index is 0.0826. The summed E-state index contributed by atoms with van der Waals surface area (Å²) in [6, 6.07) is 9.29. The lowest BCUT2D eigenvalue weighted by atomic mass is 10.00. The van der Waals surface area contributed by atoms with E-state index in [1.165, 1.54) is 0 Å². The van der Waals surface area contributed by atoms with Gasteiger partial charge in [0.1, 0.15) is 17.4 Å². The van der Waals surface area contributed by atoms with Crippen LogP contribution in [0.5, 0.6) is 5.75 Å². The summed E-state index contributed by atoms with van der Waals surface area (Å²) in [5, 5.41) is 9.93. The van der Waals surface area contributed by atoms with Gasteiger partial charge in [0.05, 0.1) is 6.04 Å². The molecule has 0 saturated carbocycles. The Morgan fingerprint density at radius 3 is 2.71 bits per heavy atom. The minimum atomic E-state index is -0.535. The van der Waals surface area contributed by atoms with Gasteiger partial charge in [0.2, 0.25) is 0 Å². The van der Waals surface area contributed by atoms with Gasteiger partial charge >= 0.3 is 6.03 Å². The van der Waals surface area contributed by atoms with Crippen LogP contribution in [-0.2, 0) is 4.74 Å². The summed E-state index contributed by atoms with van der Waals surface area (Å²) in [6.07, 6.45) is 3.59. The molecule has 1 fully saturated rings. The number of urea groups is 1. The Hall–Kier alpha value is -2.93. The number of hydrogen-bond acceptors (Lipinski definition) is 3. The molecule has 31 heavy (non-hydrogen) atoms. The van der Waals surface area contributed by atoms with Crippen molar-refractivity contribution in [1.82, 2.24) is 9.80 Å². The fourth-order valence-electron chi connectivity index (χ4n) is 4.32. The average molecular weight is 428 g/mol. The highest BCUT2D eigenvalue weighted by atomic mass is 19.1. The van der Waals surface area contributed by atoms with Gasteiger partial charge in [-0.05, 0) is 60.2 Å². The quantitative estimate of drug-likeness (QED) is 0.775. The number of phenols is 1. The number of carbonyl (C=O) groups excluding carboxylic acids is 1. The summed E-state index contributed by atoms with van der Waals surface area (Å²) < 4.78 is 33.6. The molecule has 2 aliphatic heterocycles. The molecule has 1 atom stereocenters. The Morgan fingerprint density at radius 1 is 1.19 bits per heavy atom. The van der Waals surface area contributed by atoms with Crippen LogP contribution in [-0.4, -0.2) is 54.3 Å². The second-order valence-electron chi connectivity index (χ2n) is 8.20. The van der Waals surface area contributed by atoms with Crippen molar-refractivity contribution in [1.29, 1.82) is 0 Å². The molecule has 0 radical (unpaired) electrons. The van der Waals surface area contributed by atoms with E-state index in [0.29, 0.717) is 36.8 Å². The Morgan fingerprint density at radius 2 is 1.97 bits per heavy atom. The van der Waals surface area contributed by atoms with E-state index in [1.807, 2.05) is 6.07 Å². The third kappa shape index (κ3) is 4.71. The Bertz CT molecular complexity index is 989. The second-order valence-corrected chi connectivity index (χ2v) is 8.20. The Kier molecular flexibility index (Phi) is 6.23. The van der Waals surface area contributed by atoms with Gasteiger partial charge in [-0.3, -0.25) is 0 Å². The number of carbonyl (C=O) groups is 1. The second kappa shape index (κ2) is 9.06. The van der Waals surface area contributed by atoms with Crippen LogP contribution in [0, 0.1) is 17.6 Å². The van der Waals surface area contributed by atoms with Crippen LogP contribution in [0.4, 0.5) is 13.6 Å². The van der Waals surface area contributed by atoms with Crippen molar-refractivity contribution in [3.8, 4) is 5.75 Å². The van der Waals surface area contributed by atoms with Crippen LogP contribution < -0.4 is 0 Å². The zero-order valence-electron chi connectivity index (χ0n) is 17.4. The first-order valence-electron chi connectivity index (χ1n) is 10.5. The fraction of sp³-hybridized carbons (Fsp3) is 0.375.